The minimum atomic E-state index is -1.11. The van der Waals surface area contributed by atoms with Gasteiger partial charge >= 0.3 is 0 Å². The third-order valence-corrected chi connectivity index (χ3v) is 12.0. The van der Waals surface area contributed by atoms with Crippen LogP contribution in [-0.2, 0) is 9.59 Å². The van der Waals surface area contributed by atoms with Gasteiger partial charge in [0.2, 0.25) is 11.8 Å². The summed E-state index contributed by atoms with van der Waals surface area (Å²) in [7, 11) is 0. The van der Waals surface area contributed by atoms with Crippen LogP contribution in [0.4, 0.5) is 15.9 Å². The molecule has 3 saturated heterocycles. The van der Waals surface area contributed by atoms with Gasteiger partial charge in [0.15, 0.2) is 0 Å². The van der Waals surface area contributed by atoms with Gasteiger partial charge in [0.1, 0.15) is 35.2 Å². The summed E-state index contributed by atoms with van der Waals surface area (Å²) in [6, 6.07) is 8.81. The summed E-state index contributed by atoms with van der Waals surface area (Å²) in [5.74, 6) is -2.08. The monoisotopic (exact) mass is 797 g/mol. The number of imide groups is 2. The molecule has 17 heteroatoms. The van der Waals surface area contributed by atoms with Crippen molar-refractivity contribution in [2.75, 3.05) is 49.1 Å². The number of nitriles is 1. The molecular weight excluding hydrogens is 757 g/mol. The fourth-order valence-electron chi connectivity index (χ4n) is 8.55. The van der Waals surface area contributed by atoms with Crippen LogP contribution in [0.1, 0.15) is 88.1 Å². The lowest BCUT2D eigenvalue weighted by Gasteiger charge is -2.43. The van der Waals surface area contributed by atoms with E-state index < -0.39 is 35.5 Å². The van der Waals surface area contributed by atoms with Crippen molar-refractivity contribution in [1.29, 1.82) is 5.26 Å². The van der Waals surface area contributed by atoms with Gasteiger partial charge in [-0.1, -0.05) is 11.6 Å². The van der Waals surface area contributed by atoms with E-state index in [2.05, 4.69) is 30.4 Å². The number of piperidine rings is 2. The Kier molecular flexibility index (Phi) is 10.8. The zero-order valence-electron chi connectivity index (χ0n) is 31.1. The number of aromatic nitrogens is 2. The molecule has 2 aromatic carbocycles. The molecule has 1 atom stereocenters. The van der Waals surface area contributed by atoms with Crippen LogP contribution in [0.25, 0.3) is 0 Å². The maximum Gasteiger partial charge on any atom is 0.271 e. The predicted molar refractivity (Wildman–Crippen MR) is 204 cm³/mol. The van der Waals surface area contributed by atoms with E-state index in [0.717, 1.165) is 62.6 Å². The standard InChI is InChI=1S/C40H41ClFN9O6/c41-30-17-27(4-1-23(30)20-43)57-26-5-2-24(3-6-26)46-37(53)32-21-45-35(22-44-32)50-11-9-25(10-12-50)48-13-15-49(16-14-48)34-19-29-28(18-31(34)42)39(55)51(40(29)56)33-7-8-36(52)47-38(33)54/h1,4,17-19,21-22,24-26,33H,2-3,5-16H2,(H,46,53)(H,47,52,54)/t24-,26-,33?. The Hall–Kier alpha value is -5.66. The van der Waals surface area contributed by atoms with Gasteiger partial charge in [0, 0.05) is 63.8 Å². The van der Waals surface area contributed by atoms with E-state index in [1.54, 1.807) is 24.4 Å². The Morgan fingerprint density at radius 1 is 0.877 bits per heavy atom. The minimum Gasteiger partial charge on any atom is -0.490 e. The number of anilines is 2. The van der Waals surface area contributed by atoms with Crippen molar-refractivity contribution in [3.8, 4) is 11.8 Å². The number of hydrogen-bond donors (Lipinski definition) is 2. The smallest absolute Gasteiger partial charge is 0.271 e. The Labute approximate surface area is 333 Å². The molecule has 1 saturated carbocycles. The number of carbonyl (C=O) groups is 5. The molecule has 296 valence electrons. The minimum absolute atomic E-state index is 0.0000679. The van der Waals surface area contributed by atoms with Gasteiger partial charge in [-0.05, 0) is 69.2 Å². The summed E-state index contributed by atoms with van der Waals surface area (Å²) in [6.07, 6.45) is 8.07. The quantitative estimate of drug-likeness (QED) is 0.318. The summed E-state index contributed by atoms with van der Waals surface area (Å²) in [4.78, 5) is 79.7. The number of fused-ring (bicyclic) bond motifs is 1. The van der Waals surface area contributed by atoms with Crippen LogP contribution in [0.5, 0.6) is 5.75 Å². The predicted octanol–water partition coefficient (Wildman–Crippen LogP) is 3.45. The van der Waals surface area contributed by atoms with E-state index >= 15 is 4.39 Å². The van der Waals surface area contributed by atoms with Gasteiger partial charge in [0.25, 0.3) is 17.7 Å². The van der Waals surface area contributed by atoms with Crippen molar-refractivity contribution < 1.29 is 33.1 Å². The van der Waals surface area contributed by atoms with E-state index in [0.29, 0.717) is 54.4 Å². The van der Waals surface area contributed by atoms with Gasteiger partial charge in [0.05, 0.1) is 45.9 Å². The SMILES string of the molecule is N#Cc1ccc(O[C@H]2CC[C@H](NC(=O)c3cnc(N4CCC(N5CCN(c6cc7c(cc6F)C(=O)N(C6CCC(=O)NC6=O)C7=O)CC5)CC4)cn3)CC2)cc1Cl. The number of benzene rings is 2. The van der Waals surface area contributed by atoms with Crippen molar-refractivity contribution in [1.82, 2.24) is 30.4 Å². The third kappa shape index (κ3) is 7.86. The maximum atomic E-state index is 15.4. The number of halogens is 2. The number of amides is 5. The van der Waals surface area contributed by atoms with E-state index in [-0.39, 0.29) is 53.4 Å². The van der Waals surface area contributed by atoms with Gasteiger partial charge in [-0.2, -0.15) is 5.26 Å². The Bertz CT molecular complexity index is 2140. The normalized spacial score (nSPS) is 23.2. The zero-order chi connectivity index (χ0) is 39.8. The lowest BCUT2D eigenvalue weighted by molar-refractivity contribution is -0.136. The number of nitrogens with zero attached hydrogens (tertiary/aromatic N) is 7. The first-order valence-electron chi connectivity index (χ1n) is 19.3. The molecule has 1 aliphatic carbocycles. The highest BCUT2D eigenvalue weighted by Crippen LogP contribution is 2.34. The molecule has 0 radical (unpaired) electrons. The second-order valence-electron chi connectivity index (χ2n) is 15.1. The average Bonchev–Trinajstić information content (AvgIpc) is 3.45. The van der Waals surface area contributed by atoms with Crippen LogP contribution in [0.15, 0.2) is 42.7 Å². The second kappa shape index (κ2) is 16.1. The number of carbonyl (C=O) groups excluding carboxylic acids is 5. The first-order chi connectivity index (χ1) is 27.6. The van der Waals surface area contributed by atoms with Crippen molar-refractivity contribution in [3.05, 3.63) is 75.9 Å². The van der Waals surface area contributed by atoms with Crippen LogP contribution < -0.4 is 25.2 Å². The first-order valence-corrected chi connectivity index (χ1v) is 19.7. The molecule has 2 N–H and O–H groups in total. The van der Waals surface area contributed by atoms with Crippen molar-refractivity contribution >= 4 is 52.6 Å². The zero-order valence-corrected chi connectivity index (χ0v) is 31.8. The second-order valence-corrected chi connectivity index (χ2v) is 15.5. The highest BCUT2D eigenvalue weighted by Gasteiger charge is 2.45. The van der Waals surface area contributed by atoms with Crippen molar-refractivity contribution in [2.24, 2.45) is 0 Å². The lowest BCUT2D eigenvalue weighted by Crippen LogP contribution is -2.54. The van der Waals surface area contributed by atoms with Crippen LogP contribution >= 0.6 is 11.6 Å². The number of rotatable bonds is 8. The number of nitrogens with one attached hydrogen (secondary N) is 2. The summed E-state index contributed by atoms with van der Waals surface area (Å²) in [5.41, 5.74) is 0.896. The molecule has 15 nitrogen and oxygen atoms in total. The molecule has 5 amide bonds. The average molecular weight is 798 g/mol. The highest BCUT2D eigenvalue weighted by molar-refractivity contribution is 6.31. The third-order valence-electron chi connectivity index (χ3n) is 11.7. The Morgan fingerprint density at radius 2 is 1.60 bits per heavy atom. The molecule has 8 rings (SSSR count). The fraction of sp³-hybridized carbons (Fsp3) is 0.450. The van der Waals surface area contributed by atoms with Crippen LogP contribution in [0.3, 0.4) is 0 Å². The molecule has 1 unspecified atom stereocenters. The van der Waals surface area contributed by atoms with E-state index in [1.165, 1.54) is 12.3 Å². The Morgan fingerprint density at radius 3 is 2.25 bits per heavy atom. The summed E-state index contributed by atoms with van der Waals surface area (Å²) >= 11 is 6.14. The van der Waals surface area contributed by atoms with E-state index in [9.17, 15) is 24.0 Å². The van der Waals surface area contributed by atoms with Gasteiger partial charge in [-0.15, -0.1) is 0 Å². The van der Waals surface area contributed by atoms with Gasteiger partial charge in [-0.25, -0.2) is 14.4 Å². The van der Waals surface area contributed by atoms with E-state index in [4.69, 9.17) is 21.6 Å². The number of hydrogen-bond acceptors (Lipinski definition) is 12. The fourth-order valence-corrected chi connectivity index (χ4v) is 8.76. The van der Waals surface area contributed by atoms with Crippen LogP contribution in [0.2, 0.25) is 5.02 Å². The molecule has 4 aliphatic heterocycles. The molecule has 1 aromatic heterocycles. The molecular formula is C40H41ClFN9O6. The molecule has 0 spiro atoms. The summed E-state index contributed by atoms with van der Waals surface area (Å²) in [6.45, 7) is 4.00. The van der Waals surface area contributed by atoms with E-state index in [1.807, 2.05) is 11.0 Å². The Balaban J connectivity index is 0.784. The molecule has 3 aromatic rings. The highest BCUT2D eigenvalue weighted by atomic mass is 35.5. The van der Waals surface area contributed by atoms with Gasteiger partial charge in [-0.3, -0.25) is 39.1 Å². The number of ether oxygens (including phenoxy) is 1. The molecule has 4 fully saturated rings. The maximum absolute atomic E-state index is 15.4. The van der Waals surface area contributed by atoms with Gasteiger partial charge < -0.3 is 19.9 Å². The summed E-state index contributed by atoms with van der Waals surface area (Å²) in [5, 5.41) is 14.7. The number of piperazine rings is 1. The molecule has 5 aliphatic rings. The van der Waals surface area contributed by atoms with Crippen molar-refractivity contribution in [3.63, 3.8) is 0 Å². The molecule has 57 heavy (non-hydrogen) atoms. The summed E-state index contributed by atoms with van der Waals surface area (Å²) < 4.78 is 21.5. The molecule has 5 heterocycles. The lowest BCUT2D eigenvalue weighted by atomic mass is 9.93. The van der Waals surface area contributed by atoms with Crippen molar-refractivity contribution in [2.45, 2.75) is 75.6 Å². The van der Waals surface area contributed by atoms with Crippen LogP contribution in [0, 0.1) is 17.1 Å². The molecule has 0 bridgehead atoms. The topological polar surface area (TPSA) is 181 Å². The largest absolute Gasteiger partial charge is 0.490 e. The van der Waals surface area contributed by atoms with Crippen LogP contribution in [-0.4, -0.2) is 113 Å². The first kappa shape index (κ1) is 38.2.